The van der Waals surface area contributed by atoms with Gasteiger partial charge < -0.3 is 9.80 Å². The third-order valence-corrected chi connectivity index (χ3v) is 5.46. The number of nitrogens with one attached hydrogen (secondary N) is 1. The van der Waals surface area contributed by atoms with Gasteiger partial charge in [-0.25, -0.2) is 4.39 Å². The molecular weight excluding hydrogens is 397 g/mol. The van der Waals surface area contributed by atoms with Gasteiger partial charge in [-0.1, -0.05) is 19.9 Å². The molecule has 0 bridgehead atoms. The fraction of sp³-hybridized carbons (Fsp3) is 0.409. The minimum absolute atomic E-state index is 0.0711. The lowest BCUT2D eigenvalue weighted by Crippen LogP contribution is -2.54. The van der Waals surface area contributed by atoms with Gasteiger partial charge in [0.25, 0.3) is 5.91 Å². The van der Waals surface area contributed by atoms with E-state index in [1.807, 2.05) is 17.9 Å². The molecule has 1 aromatic carbocycles. The third-order valence-electron chi connectivity index (χ3n) is 5.46. The Morgan fingerprint density at radius 2 is 2.13 bits per heavy atom. The summed E-state index contributed by atoms with van der Waals surface area (Å²) in [6.07, 6.45) is 2.39. The van der Waals surface area contributed by atoms with Crippen molar-refractivity contribution >= 4 is 11.6 Å². The molecule has 9 heteroatoms. The van der Waals surface area contributed by atoms with E-state index in [-0.39, 0.29) is 23.6 Å². The van der Waals surface area contributed by atoms with Crippen LogP contribution >= 0.6 is 0 Å². The first kappa shape index (κ1) is 20.9. The number of carbonyl (C=O) groups excluding carboxylic acids is 1. The van der Waals surface area contributed by atoms with Gasteiger partial charge in [-0.05, 0) is 54.3 Å². The van der Waals surface area contributed by atoms with E-state index in [0.29, 0.717) is 36.8 Å². The number of hydrogen-bond donors (Lipinski definition) is 1. The summed E-state index contributed by atoms with van der Waals surface area (Å²) in [4.78, 5) is 21.0. The van der Waals surface area contributed by atoms with Crippen LogP contribution < -0.4 is 4.90 Å². The largest absolute Gasteiger partial charge is 0.367 e. The zero-order chi connectivity index (χ0) is 22.0. The highest BCUT2D eigenvalue weighted by Gasteiger charge is 2.31. The van der Waals surface area contributed by atoms with Crippen LogP contribution in [0.2, 0.25) is 0 Å². The quantitative estimate of drug-likeness (QED) is 0.679. The van der Waals surface area contributed by atoms with Gasteiger partial charge in [0.15, 0.2) is 0 Å². The Morgan fingerprint density at radius 3 is 2.77 bits per heavy atom. The average Bonchev–Trinajstić information content (AvgIpc) is 3.27. The number of benzene rings is 1. The van der Waals surface area contributed by atoms with E-state index in [4.69, 9.17) is 0 Å². The van der Waals surface area contributed by atoms with E-state index >= 15 is 4.39 Å². The van der Waals surface area contributed by atoms with Crippen molar-refractivity contribution in [3.8, 4) is 11.4 Å². The van der Waals surface area contributed by atoms with Gasteiger partial charge in [0, 0.05) is 31.9 Å². The number of pyridine rings is 1. The third kappa shape index (κ3) is 4.40. The Kier molecular flexibility index (Phi) is 5.92. The first-order chi connectivity index (χ1) is 14.9. The molecule has 1 atom stereocenters. The van der Waals surface area contributed by atoms with E-state index in [1.54, 1.807) is 30.5 Å². The Morgan fingerprint density at radius 1 is 1.29 bits per heavy atom. The highest BCUT2D eigenvalue weighted by Crippen LogP contribution is 2.34. The predicted octanol–water partition coefficient (Wildman–Crippen LogP) is 2.95. The summed E-state index contributed by atoms with van der Waals surface area (Å²) in [6.45, 7) is 7.85. The summed E-state index contributed by atoms with van der Waals surface area (Å²) in [5.41, 5.74) is 2.42. The van der Waals surface area contributed by atoms with Crippen LogP contribution in [0.1, 0.15) is 36.8 Å². The van der Waals surface area contributed by atoms with Gasteiger partial charge in [-0.15, -0.1) is 10.2 Å². The zero-order valence-electron chi connectivity index (χ0n) is 17.9. The van der Waals surface area contributed by atoms with Crippen molar-refractivity contribution < 1.29 is 9.18 Å². The van der Waals surface area contributed by atoms with Crippen molar-refractivity contribution in [3.05, 3.63) is 53.6 Å². The highest BCUT2D eigenvalue weighted by molar-refractivity contribution is 5.92. The first-order valence-electron chi connectivity index (χ1n) is 10.5. The number of piperazine rings is 1. The lowest BCUT2D eigenvalue weighted by Gasteiger charge is -2.41. The van der Waals surface area contributed by atoms with Crippen LogP contribution in [-0.4, -0.2) is 62.1 Å². The molecule has 1 aliphatic heterocycles. The standard InChI is InChI=1S/C22H26FN7O/c1-14(2)10-16-11-17(23)20(21-25-27-28-26-21)19(12-16)29-8-9-30(15(3)13-29)22(31)18-6-4-5-7-24-18/h4-7,11-12,14-15H,8-10,13H2,1-3H3,(H,25,26,27,28)/t15-/m0/s1. The van der Waals surface area contributed by atoms with Crippen LogP contribution in [0.5, 0.6) is 0 Å². The number of nitrogens with zero attached hydrogens (tertiary/aromatic N) is 6. The van der Waals surface area contributed by atoms with Crippen LogP contribution in [-0.2, 0) is 6.42 Å². The molecule has 1 amide bonds. The zero-order valence-corrected chi connectivity index (χ0v) is 17.9. The molecule has 1 aliphatic rings. The summed E-state index contributed by atoms with van der Waals surface area (Å²) in [5.74, 6) is 0.165. The molecule has 162 valence electrons. The van der Waals surface area contributed by atoms with Gasteiger partial charge in [-0.3, -0.25) is 9.78 Å². The maximum atomic E-state index is 15.2. The normalized spacial score (nSPS) is 16.7. The highest BCUT2D eigenvalue weighted by atomic mass is 19.1. The molecule has 0 radical (unpaired) electrons. The van der Waals surface area contributed by atoms with Gasteiger partial charge >= 0.3 is 0 Å². The number of H-pyrrole nitrogens is 1. The Hall–Kier alpha value is -3.36. The summed E-state index contributed by atoms with van der Waals surface area (Å²) < 4.78 is 15.2. The van der Waals surface area contributed by atoms with Crippen molar-refractivity contribution in [2.24, 2.45) is 5.92 Å². The number of halogens is 1. The van der Waals surface area contributed by atoms with Crippen LogP contribution in [0, 0.1) is 11.7 Å². The summed E-state index contributed by atoms with van der Waals surface area (Å²) in [6, 6.07) is 8.81. The van der Waals surface area contributed by atoms with Crippen molar-refractivity contribution in [3.63, 3.8) is 0 Å². The minimum atomic E-state index is -0.366. The number of rotatable bonds is 5. The van der Waals surface area contributed by atoms with E-state index in [2.05, 4.69) is 44.4 Å². The predicted molar refractivity (Wildman–Crippen MR) is 115 cm³/mol. The number of anilines is 1. The lowest BCUT2D eigenvalue weighted by atomic mass is 9.98. The summed E-state index contributed by atoms with van der Waals surface area (Å²) >= 11 is 0. The number of tetrazole rings is 1. The SMILES string of the molecule is CC(C)Cc1cc(F)c(-c2nn[nH]n2)c(N2CCN(C(=O)c3ccccn3)[C@@H](C)C2)c1. The van der Waals surface area contributed by atoms with Crippen LogP contribution in [0.25, 0.3) is 11.4 Å². The molecule has 1 fully saturated rings. The minimum Gasteiger partial charge on any atom is -0.367 e. The topological polar surface area (TPSA) is 90.9 Å². The number of hydrogen-bond acceptors (Lipinski definition) is 6. The number of amides is 1. The second-order valence-electron chi connectivity index (χ2n) is 8.31. The fourth-order valence-electron chi connectivity index (χ4n) is 4.09. The van der Waals surface area contributed by atoms with E-state index in [1.165, 1.54) is 0 Å². The van der Waals surface area contributed by atoms with Crippen molar-refractivity contribution in [2.45, 2.75) is 33.2 Å². The Balaban J connectivity index is 1.63. The fourth-order valence-corrected chi connectivity index (χ4v) is 4.09. The Labute approximate surface area is 180 Å². The molecule has 3 heterocycles. The maximum Gasteiger partial charge on any atom is 0.272 e. The van der Waals surface area contributed by atoms with Gasteiger partial charge in [0.05, 0.1) is 11.3 Å². The Bertz CT molecular complexity index is 1040. The van der Waals surface area contributed by atoms with Gasteiger partial charge in [0.2, 0.25) is 5.82 Å². The van der Waals surface area contributed by atoms with E-state index < -0.39 is 0 Å². The number of aromatic amines is 1. The molecule has 0 unspecified atom stereocenters. The summed E-state index contributed by atoms with van der Waals surface area (Å²) in [7, 11) is 0. The molecule has 0 spiro atoms. The number of aromatic nitrogens is 5. The van der Waals surface area contributed by atoms with E-state index in [0.717, 1.165) is 17.7 Å². The van der Waals surface area contributed by atoms with Crippen molar-refractivity contribution in [1.82, 2.24) is 30.5 Å². The number of carbonyl (C=O) groups is 1. The molecule has 31 heavy (non-hydrogen) atoms. The molecule has 3 aromatic rings. The molecule has 2 aromatic heterocycles. The molecule has 0 aliphatic carbocycles. The molecule has 1 N–H and O–H groups in total. The van der Waals surface area contributed by atoms with Crippen LogP contribution in [0.15, 0.2) is 36.5 Å². The molecule has 4 rings (SSSR count). The second kappa shape index (κ2) is 8.79. The van der Waals surface area contributed by atoms with Crippen LogP contribution in [0.4, 0.5) is 10.1 Å². The monoisotopic (exact) mass is 423 g/mol. The second-order valence-corrected chi connectivity index (χ2v) is 8.31. The maximum absolute atomic E-state index is 15.2. The first-order valence-corrected chi connectivity index (χ1v) is 10.5. The van der Waals surface area contributed by atoms with Gasteiger partial charge in [0.1, 0.15) is 11.5 Å². The molecule has 0 saturated carbocycles. The van der Waals surface area contributed by atoms with Crippen molar-refractivity contribution in [2.75, 3.05) is 24.5 Å². The van der Waals surface area contributed by atoms with Crippen molar-refractivity contribution in [1.29, 1.82) is 0 Å². The molecule has 8 nitrogen and oxygen atoms in total. The van der Waals surface area contributed by atoms with Crippen LogP contribution in [0.3, 0.4) is 0 Å². The lowest BCUT2D eigenvalue weighted by molar-refractivity contribution is 0.0668. The average molecular weight is 423 g/mol. The van der Waals surface area contributed by atoms with Gasteiger partial charge in [-0.2, -0.15) is 5.21 Å². The molecule has 1 saturated heterocycles. The smallest absolute Gasteiger partial charge is 0.272 e. The summed E-state index contributed by atoms with van der Waals surface area (Å²) in [5, 5.41) is 14.0. The molecular formula is C22H26FN7O. The van der Waals surface area contributed by atoms with E-state index in [9.17, 15) is 4.79 Å².